The van der Waals surface area contributed by atoms with Gasteiger partial charge in [0.1, 0.15) is 23.0 Å². The number of nitrogens with one attached hydrogen (secondary N) is 2. The second-order valence-corrected chi connectivity index (χ2v) is 13.1. The number of hydrogen-bond donors (Lipinski definition) is 3. The lowest BCUT2D eigenvalue weighted by atomic mass is 9.97. The number of aromatic nitrogens is 2. The SMILES string of the molecule is C=C1/C=C2/C(=O)N(c3cc(F)cc(-c4cc(Nc5ccc(N6CC7COCC(C6)N7)cn5)c(=O)n(C)c4)c3CO)CCN2CCCCC1. The fraction of sp³-hybridized carbons (Fsp3) is 0.417. The first-order chi connectivity index (χ1) is 23.3. The van der Waals surface area contributed by atoms with Gasteiger partial charge in [0.15, 0.2) is 0 Å². The maximum absolute atomic E-state index is 15.4. The van der Waals surface area contributed by atoms with E-state index in [-0.39, 0.29) is 29.2 Å². The van der Waals surface area contributed by atoms with E-state index in [0.29, 0.717) is 60.2 Å². The van der Waals surface area contributed by atoms with Gasteiger partial charge < -0.3 is 39.7 Å². The van der Waals surface area contributed by atoms with Crippen molar-refractivity contribution in [1.29, 1.82) is 0 Å². The fourth-order valence-corrected chi connectivity index (χ4v) is 7.26. The smallest absolute Gasteiger partial charge is 0.274 e. The number of nitrogens with zero attached hydrogens (tertiary/aromatic N) is 5. The van der Waals surface area contributed by atoms with E-state index in [1.807, 2.05) is 18.2 Å². The van der Waals surface area contributed by atoms with Gasteiger partial charge in [-0.3, -0.25) is 9.59 Å². The van der Waals surface area contributed by atoms with Crippen LogP contribution < -0.4 is 26.0 Å². The first-order valence-corrected chi connectivity index (χ1v) is 16.7. The molecule has 0 spiro atoms. The average Bonchev–Trinajstić information content (AvgIpc) is 3.17. The molecule has 0 saturated carbocycles. The molecule has 2 unspecified atom stereocenters. The van der Waals surface area contributed by atoms with E-state index in [2.05, 4.69) is 32.0 Å². The molecule has 1 amide bonds. The number of carbonyl (C=O) groups is 1. The van der Waals surface area contributed by atoms with Crippen molar-refractivity contribution in [2.24, 2.45) is 7.05 Å². The van der Waals surface area contributed by atoms with E-state index >= 15 is 4.39 Å². The fourth-order valence-electron chi connectivity index (χ4n) is 7.26. The normalized spacial score (nSPS) is 22.7. The third-order valence-electron chi connectivity index (χ3n) is 9.67. The highest BCUT2D eigenvalue weighted by Gasteiger charge is 2.33. The van der Waals surface area contributed by atoms with Crippen molar-refractivity contribution in [3.8, 4) is 11.1 Å². The van der Waals surface area contributed by atoms with Gasteiger partial charge in [-0.2, -0.15) is 0 Å². The van der Waals surface area contributed by atoms with Gasteiger partial charge >= 0.3 is 0 Å². The lowest BCUT2D eigenvalue weighted by Gasteiger charge is -2.43. The molecule has 11 nitrogen and oxygen atoms in total. The Morgan fingerprint density at radius 3 is 2.62 bits per heavy atom. The Morgan fingerprint density at radius 2 is 1.88 bits per heavy atom. The number of aliphatic hydroxyl groups is 1. The number of allylic oxidation sites excluding steroid dienone is 2. The number of ether oxygens (including phenoxy) is 1. The van der Waals surface area contributed by atoms with Crippen molar-refractivity contribution < 1.29 is 19.0 Å². The van der Waals surface area contributed by atoms with Crippen molar-refractivity contribution >= 4 is 28.8 Å². The van der Waals surface area contributed by atoms with Crippen LogP contribution in [0.1, 0.15) is 31.2 Å². The lowest BCUT2D eigenvalue weighted by molar-refractivity contribution is -0.117. The van der Waals surface area contributed by atoms with E-state index < -0.39 is 12.4 Å². The van der Waals surface area contributed by atoms with Gasteiger partial charge in [-0.1, -0.05) is 18.6 Å². The Kier molecular flexibility index (Phi) is 9.04. The Bertz CT molecular complexity index is 1790. The van der Waals surface area contributed by atoms with Crippen LogP contribution in [0.25, 0.3) is 11.1 Å². The molecule has 1 aromatic carbocycles. The number of anilines is 4. The predicted octanol–water partition coefficient (Wildman–Crippen LogP) is 3.66. The van der Waals surface area contributed by atoms with Crippen LogP contribution in [0.5, 0.6) is 0 Å². The van der Waals surface area contributed by atoms with Crippen LogP contribution in [0.15, 0.2) is 71.4 Å². The van der Waals surface area contributed by atoms with Crippen molar-refractivity contribution in [2.45, 2.75) is 44.4 Å². The Balaban J connectivity index is 1.18. The summed E-state index contributed by atoms with van der Waals surface area (Å²) in [4.78, 5) is 37.7. The number of rotatable bonds is 6. The lowest BCUT2D eigenvalue weighted by Crippen LogP contribution is -2.62. The van der Waals surface area contributed by atoms with Crippen LogP contribution in [0, 0.1) is 5.82 Å². The number of halogens is 1. The van der Waals surface area contributed by atoms with E-state index in [1.165, 1.54) is 16.7 Å². The summed E-state index contributed by atoms with van der Waals surface area (Å²) in [6, 6.07) is 8.64. The summed E-state index contributed by atoms with van der Waals surface area (Å²) >= 11 is 0. The van der Waals surface area contributed by atoms with Gasteiger partial charge in [0.25, 0.3) is 11.5 Å². The minimum atomic E-state index is -0.551. The van der Waals surface area contributed by atoms with Crippen LogP contribution in [0.3, 0.4) is 0 Å². The number of pyridine rings is 2. The molecule has 3 saturated heterocycles. The molecular formula is C36H42FN7O4. The van der Waals surface area contributed by atoms with Gasteiger partial charge in [0.05, 0.1) is 37.4 Å². The standard InChI is InChI=1S/C36H42FN7O4/c1-23-6-4-3-5-9-42-10-11-44(36(47)33(42)12-23)32-15-25(37)14-29(30(32)20-45)24-13-31(35(46)41(2)17-24)40-34-8-7-28(16-38-34)43-18-26-21-48-22-27(19-43)39-26/h7-8,12-17,26-27,39,45H,1,3-6,9-11,18-22H2,2H3,(H,38,40)/b33-12-. The highest BCUT2D eigenvalue weighted by atomic mass is 19.1. The maximum atomic E-state index is 15.4. The minimum absolute atomic E-state index is 0.245. The second-order valence-electron chi connectivity index (χ2n) is 13.1. The predicted molar refractivity (Wildman–Crippen MR) is 184 cm³/mol. The zero-order valence-corrected chi connectivity index (χ0v) is 27.3. The Labute approximate surface area is 279 Å². The number of piperazine rings is 2. The van der Waals surface area contributed by atoms with Gasteiger partial charge in [0, 0.05) is 69.2 Å². The van der Waals surface area contributed by atoms with Crippen LogP contribution in [-0.2, 0) is 23.2 Å². The molecule has 0 aliphatic carbocycles. The summed E-state index contributed by atoms with van der Waals surface area (Å²) in [5.74, 6) is -0.308. The topological polar surface area (TPSA) is 115 Å². The number of aryl methyl sites for hydroxylation is 1. The van der Waals surface area contributed by atoms with Crippen LogP contribution in [0.4, 0.5) is 27.3 Å². The average molecular weight is 656 g/mol. The largest absolute Gasteiger partial charge is 0.392 e. The summed E-state index contributed by atoms with van der Waals surface area (Å²) in [5.41, 5.74) is 4.01. The van der Waals surface area contributed by atoms with Crippen LogP contribution in [-0.4, -0.2) is 83.5 Å². The van der Waals surface area contributed by atoms with Crippen LogP contribution in [0.2, 0.25) is 0 Å². The monoisotopic (exact) mass is 655 g/mol. The quantitative estimate of drug-likeness (QED) is 0.366. The molecule has 252 valence electrons. The highest BCUT2D eigenvalue weighted by Crippen LogP contribution is 2.36. The van der Waals surface area contributed by atoms with E-state index in [4.69, 9.17) is 4.74 Å². The molecule has 6 heterocycles. The number of morpholine rings is 1. The molecule has 48 heavy (non-hydrogen) atoms. The third kappa shape index (κ3) is 6.47. The molecule has 0 radical (unpaired) electrons. The minimum Gasteiger partial charge on any atom is -0.392 e. The van der Waals surface area contributed by atoms with Crippen molar-refractivity contribution in [2.75, 3.05) is 61.1 Å². The zero-order chi connectivity index (χ0) is 33.4. The molecule has 3 fully saturated rings. The summed E-state index contributed by atoms with van der Waals surface area (Å²) in [7, 11) is 1.62. The first kappa shape index (κ1) is 32.0. The summed E-state index contributed by atoms with van der Waals surface area (Å²) < 4.78 is 22.5. The molecule has 4 aliphatic rings. The maximum Gasteiger partial charge on any atom is 0.274 e. The van der Waals surface area contributed by atoms with Crippen molar-refractivity contribution in [3.05, 3.63) is 88.4 Å². The first-order valence-electron chi connectivity index (χ1n) is 16.7. The molecule has 3 N–H and O–H groups in total. The number of hydrogen-bond acceptors (Lipinski definition) is 9. The highest BCUT2D eigenvalue weighted by molar-refractivity contribution is 6.07. The van der Waals surface area contributed by atoms with Gasteiger partial charge in [0.2, 0.25) is 0 Å². The molecule has 2 aromatic heterocycles. The van der Waals surface area contributed by atoms with Crippen LogP contribution >= 0.6 is 0 Å². The molecule has 3 aromatic rings. The van der Waals surface area contributed by atoms with Gasteiger partial charge in [-0.25, -0.2) is 9.37 Å². The molecular weight excluding hydrogens is 613 g/mol. The molecule has 4 aliphatic heterocycles. The number of amides is 1. The number of benzene rings is 1. The number of fused-ring (bicyclic) bond motifs is 3. The van der Waals surface area contributed by atoms with Gasteiger partial charge in [-0.15, -0.1) is 0 Å². The molecule has 12 heteroatoms. The molecule has 7 rings (SSSR count). The number of aliphatic hydroxyl groups excluding tert-OH is 1. The molecule has 2 bridgehead atoms. The summed E-state index contributed by atoms with van der Waals surface area (Å²) in [6.45, 7) is 8.45. The third-order valence-corrected chi connectivity index (χ3v) is 9.67. The Morgan fingerprint density at radius 1 is 1.06 bits per heavy atom. The van der Waals surface area contributed by atoms with Crippen molar-refractivity contribution in [1.82, 2.24) is 19.8 Å². The van der Waals surface area contributed by atoms with E-state index in [1.54, 1.807) is 30.4 Å². The second kappa shape index (κ2) is 13.5. The van der Waals surface area contributed by atoms with E-state index in [0.717, 1.165) is 56.6 Å². The van der Waals surface area contributed by atoms with Gasteiger partial charge in [-0.05, 0) is 61.2 Å². The van der Waals surface area contributed by atoms with E-state index in [9.17, 15) is 14.7 Å². The van der Waals surface area contributed by atoms with Crippen molar-refractivity contribution in [3.63, 3.8) is 0 Å². The zero-order valence-electron chi connectivity index (χ0n) is 27.3. The molecule has 2 atom stereocenters. The number of carbonyl (C=O) groups excluding carboxylic acids is 1. The summed E-state index contributed by atoms with van der Waals surface area (Å²) in [5, 5.41) is 17.4. The Hall–Kier alpha value is -4.52. The summed E-state index contributed by atoms with van der Waals surface area (Å²) in [6.07, 6.45) is 9.17.